The van der Waals surface area contributed by atoms with Crippen LogP contribution in [0.25, 0.3) is 0 Å². The fourth-order valence-corrected chi connectivity index (χ4v) is 3.45. The lowest BCUT2D eigenvalue weighted by Gasteiger charge is -2.28. The minimum Gasteiger partial charge on any atom is -0.314 e. The molecule has 1 aromatic carbocycles. The van der Waals surface area contributed by atoms with Crippen molar-refractivity contribution in [2.24, 2.45) is 5.92 Å². The van der Waals surface area contributed by atoms with E-state index < -0.39 is 0 Å². The highest BCUT2D eigenvalue weighted by atomic mass is 14.9. The average molecular weight is 273 g/mol. The first-order chi connectivity index (χ1) is 9.66. The zero-order valence-electron chi connectivity index (χ0n) is 13.5. The Morgan fingerprint density at radius 2 is 1.60 bits per heavy atom. The maximum absolute atomic E-state index is 3.68. The molecule has 112 valence electrons. The van der Waals surface area contributed by atoms with Gasteiger partial charge in [0, 0.05) is 12.6 Å². The summed E-state index contributed by atoms with van der Waals surface area (Å²) in [5.74, 6) is 1.56. The molecule has 1 fully saturated rings. The third-order valence-electron chi connectivity index (χ3n) is 4.72. The SMILES string of the molecule is Cc1ccc(C(CNC(C)C)C2CCCCCC2)cc1. The fraction of sp³-hybridized carbons (Fsp3) is 0.684. The van der Waals surface area contributed by atoms with Crippen LogP contribution in [0.15, 0.2) is 24.3 Å². The third kappa shape index (κ3) is 4.63. The van der Waals surface area contributed by atoms with Crippen LogP contribution in [0.4, 0.5) is 0 Å². The van der Waals surface area contributed by atoms with E-state index in [9.17, 15) is 0 Å². The van der Waals surface area contributed by atoms with E-state index in [0.717, 1.165) is 12.5 Å². The zero-order valence-corrected chi connectivity index (χ0v) is 13.5. The molecule has 1 saturated carbocycles. The lowest BCUT2D eigenvalue weighted by Crippen LogP contribution is -2.31. The minimum absolute atomic E-state index is 0.578. The standard InChI is InChI=1S/C19H31N/c1-15(2)20-14-19(17-8-6-4-5-7-9-17)18-12-10-16(3)11-13-18/h10-13,15,17,19-20H,4-9,14H2,1-3H3. The predicted molar refractivity (Wildman–Crippen MR) is 88.3 cm³/mol. The van der Waals surface area contributed by atoms with Crippen molar-refractivity contribution in [2.75, 3.05) is 6.54 Å². The van der Waals surface area contributed by atoms with Gasteiger partial charge in [0.1, 0.15) is 0 Å². The molecule has 1 aliphatic rings. The molecular weight excluding hydrogens is 242 g/mol. The summed E-state index contributed by atoms with van der Waals surface area (Å²) in [6.07, 6.45) is 8.56. The third-order valence-corrected chi connectivity index (χ3v) is 4.72. The number of aryl methyl sites for hydroxylation is 1. The van der Waals surface area contributed by atoms with Gasteiger partial charge in [0.2, 0.25) is 0 Å². The second-order valence-corrected chi connectivity index (χ2v) is 6.83. The molecule has 0 heterocycles. The molecule has 1 aromatic rings. The molecule has 0 radical (unpaired) electrons. The lowest BCUT2D eigenvalue weighted by atomic mass is 9.81. The monoisotopic (exact) mass is 273 g/mol. The maximum Gasteiger partial charge on any atom is 0.00251 e. The first kappa shape index (κ1) is 15.6. The lowest BCUT2D eigenvalue weighted by molar-refractivity contribution is 0.353. The Morgan fingerprint density at radius 1 is 1.00 bits per heavy atom. The van der Waals surface area contributed by atoms with Gasteiger partial charge in [-0.25, -0.2) is 0 Å². The number of hydrogen-bond donors (Lipinski definition) is 1. The summed E-state index contributed by atoms with van der Waals surface area (Å²) in [4.78, 5) is 0. The summed E-state index contributed by atoms with van der Waals surface area (Å²) < 4.78 is 0. The molecule has 1 heteroatoms. The van der Waals surface area contributed by atoms with Gasteiger partial charge in [0.15, 0.2) is 0 Å². The van der Waals surface area contributed by atoms with Crippen molar-refractivity contribution in [3.05, 3.63) is 35.4 Å². The van der Waals surface area contributed by atoms with Crippen molar-refractivity contribution in [2.45, 2.75) is 71.3 Å². The molecule has 0 aliphatic heterocycles. The maximum atomic E-state index is 3.68. The topological polar surface area (TPSA) is 12.0 Å². The second kappa shape index (κ2) is 7.83. The van der Waals surface area contributed by atoms with Crippen molar-refractivity contribution < 1.29 is 0 Å². The van der Waals surface area contributed by atoms with Gasteiger partial charge in [-0.15, -0.1) is 0 Å². The molecule has 1 unspecified atom stereocenters. The van der Waals surface area contributed by atoms with Gasteiger partial charge >= 0.3 is 0 Å². The van der Waals surface area contributed by atoms with Crippen molar-refractivity contribution in [1.29, 1.82) is 0 Å². The van der Waals surface area contributed by atoms with Crippen LogP contribution in [0.3, 0.4) is 0 Å². The smallest absolute Gasteiger partial charge is 0.00251 e. The number of nitrogens with one attached hydrogen (secondary N) is 1. The largest absolute Gasteiger partial charge is 0.314 e. The van der Waals surface area contributed by atoms with Crippen molar-refractivity contribution in [3.63, 3.8) is 0 Å². The summed E-state index contributed by atoms with van der Waals surface area (Å²) in [5.41, 5.74) is 2.90. The summed E-state index contributed by atoms with van der Waals surface area (Å²) in [7, 11) is 0. The highest BCUT2D eigenvalue weighted by Gasteiger charge is 2.24. The Labute approximate surface area is 125 Å². The molecule has 0 spiro atoms. The molecule has 0 amide bonds. The molecule has 1 aliphatic carbocycles. The minimum atomic E-state index is 0.578. The first-order valence-electron chi connectivity index (χ1n) is 8.47. The van der Waals surface area contributed by atoms with Gasteiger partial charge in [-0.05, 0) is 37.2 Å². The van der Waals surface area contributed by atoms with Gasteiger partial charge < -0.3 is 5.32 Å². The van der Waals surface area contributed by atoms with Crippen molar-refractivity contribution in [1.82, 2.24) is 5.32 Å². The Kier molecular flexibility index (Phi) is 6.09. The van der Waals surface area contributed by atoms with Crippen molar-refractivity contribution >= 4 is 0 Å². The van der Waals surface area contributed by atoms with Crippen LogP contribution in [-0.4, -0.2) is 12.6 Å². The molecule has 1 nitrogen and oxygen atoms in total. The van der Waals surface area contributed by atoms with Crippen LogP contribution in [0.2, 0.25) is 0 Å². The summed E-state index contributed by atoms with van der Waals surface area (Å²) in [6, 6.07) is 9.83. The quantitative estimate of drug-likeness (QED) is 0.740. The Morgan fingerprint density at radius 3 is 2.15 bits per heavy atom. The Hall–Kier alpha value is -0.820. The van der Waals surface area contributed by atoms with Crippen LogP contribution in [-0.2, 0) is 0 Å². The molecular formula is C19H31N. The molecule has 20 heavy (non-hydrogen) atoms. The molecule has 0 bridgehead atoms. The predicted octanol–water partition coefficient (Wildman–Crippen LogP) is 5.05. The second-order valence-electron chi connectivity index (χ2n) is 6.83. The highest BCUT2D eigenvalue weighted by Crippen LogP contribution is 2.35. The van der Waals surface area contributed by atoms with Gasteiger partial charge in [0.05, 0.1) is 0 Å². The van der Waals surface area contributed by atoms with E-state index in [1.165, 1.54) is 49.7 Å². The van der Waals surface area contributed by atoms with E-state index in [1.54, 1.807) is 0 Å². The van der Waals surface area contributed by atoms with E-state index in [-0.39, 0.29) is 0 Å². The zero-order chi connectivity index (χ0) is 14.4. The van der Waals surface area contributed by atoms with E-state index in [0.29, 0.717) is 12.0 Å². The van der Waals surface area contributed by atoms with Crippen LogP contribution >= 0.6 is 0 Å². The summed E-state index contributed by atoms with van der Waals surface area (Å²) in [6.45, 7) is 7.81. The van der Waals surface area contributed by atoms with Gasteiger partial charge in [0.25, 0.3) is 0 Å². The van der Waals surface area contributed by atoms with Crippen LogP contribution < -0.4 is 5.32 Å². The van der Waals surface area contributed by atoms with E-state index in [1.807, 2.05) is 0 Å². The van der Waals surface area contributed by atoms with E-state index in [4.69, 9.17) is 0 Å². The number of rotatable bonds is 5. The molecule has 1 atom stereocenters. The van der Waals surface area contributed by atoms with Gasteiger partial charge in [-0.1, -0.05) is 69.4 Å². The van der Waals surface area contributed by atoms with Crippen LogP contribution in [0, 0.1) is 12.8 Å². The number of benzene rings is 1. The Balaban J connectivity index is 2.11. The first-order valence-corrected chi connectivity index (χ1v) is 8.47. The molecule has 0 saturated heterocycles. The highest BCUT2D eigenvalue weighted by molar-refractivity contribution is 5.25. The van der Waals surface area contributed by atoms with Gasteiger partial charge in [-0.3, -0.25) is 0 Å². The number of hydrogen-bond acceptors (Lipinski definition) is 1. The molecule has 1 N–H and O–H groups in total. The van der Waals surface area contributed by atoms with Gasteiger partial charge in [-0.2, -0.15) is 0 Å². The van der Waals surface area contributed by atoms with Crippen LogP contribution in [0.5, 0.6) is 0 Å². The van der Waals surface area contributed by atoms with Crippen molar-refractivity contribution in [3.8, 4) is 0 Å². The summed E-state index contributed by atoms with van der Waals surface area (Å²) in [5, 5.41) is 3.68. The normalized spacial score (nSPS) is 19.0. The Bertz CT molecular complexity index is 371. The molecule has 0 aromatic heterocycles. The van der Waals surface area contributed by atoms with E-state index >= 15 is 0 Å². The average Bonchev–Trinajstić information content (AvgIpc) is 2.70. The van der Waals surface area contributed by atoms with E-state index in [2.05, 4.69) is 50.4 Å². The summed E-state index contributed by atoms with van der Waals surface area (Å²) >= 11 is 0. The molecule has 2 rings (SSSR count). The fourth-order valence-electron chi connectivity index (χ4n) is 3.45. The van der Waals surface area contributed by atoms with Crippen LogP contribution in [0.1, 0.15) is 69.4 Å².